The summed E-state index contributed by atoms with van der Waals surface area (Å²) in [6.07, 6.45) is 10.1. The molecular formula is C18H13Cl2N3O2. The molecular weight excluding hydrogens is 361 g/mol. The van der Waals surface area contributed by atoms with E-state index in [9.17, 15) is 0 Å². The smallest absolute Gasteiger partial charge is 0.156 e. The lowest BCUT2D eigenvalue weighted by molar-refractivity contribution is 0.144. The van der Waals surface area contributed by atoms with Crippen LogP contribution in [0, 0.1) is 12.5 Å². The third kappa shape index (κ3) is 4.44. The van der Waals surface area contributed by atoms with Crippen molar-refractivity contribution in [3.05, 3.63) is 70.7 Å². The van der Waals surface area contributed by atoms with Crippen LogP contribution in [-0.4, -0.2) is 14.8 Å². The van der Waals surface area contributed by atoms with Gasteiger partial charge in [-0.3, -0.25) is 0 Å². The molecule has 0 bridgehead atoms. The minimum absolute atomic E-state index is 0.390. The summed E-state index contributed by atoms with van der Waals surface area (Å²) < 4.78 is 12.7. The number of hydrogen-bond acceptors (Lipinski definition) is 4. The van der Waals surface area contributed by atoms with Gasteiger partial charge in [-0.2, -0.15) is 5.10 Å². The van der Waals surface area contributed by atoms with Crippen molar-refractivity contribution in [2.24, 2.45) is 0 Å². The summed E-state index contributed by atoms with van der Waals surface area (Å²) in [6.45, 7) is 0.390. The van der Waals surface area contributed by atoms with Crippen LogP contribution in [-0.2, 0) is 11.3 Å². The van der Waals surface area contributed by atoms with Gasteiger partial charge in [0.1, 0.15) is 30.3 Å². The summed E-state index contributed by atoms with van der Waals surface area (Å²) >= 11 is 12.3. The molecule has 0 aliphatic rings. The van der Waals surface area contributed by atoms with E-state index in [1.165, 1.54) is 6.33 Å². The lowest BCUT2D eigenvalue weighted by atomic mass is 10.1. The molecule has 2 aromatic carbocycles. The molecule has 5 nitrogen and oxygen atoms in total. The Labute approximate surface area is 155 Å². The highest BCUT2D eigenvalue weighted by Gasteiger charge is 2.18. The fourth-order valence-corrected chi connectivity index (χ4v) is 2.67. The number of ether oxygens (including phenoxy) is 2. The average molecular weight is 374 g/mol. The average Bonchev–Trinajstić information content (AvgIpc) is 3.10. The van der Waals surface area contributed by atoms with Gasteiger partial charge in [0.2, 0.25) is 0 Å². The Kier molecular flexibility index (Phi) is 5.44. The van der Waals surface area contributed by atoms with Gasteiger partial charge in [-0.05, 0) is 36.4 Å². The zero-order valence-electron chi connectivity index (χ0n) is 13.0. The maximum absolute atomic E-state index is 6.40. The number of halogens is 2. The van der Waals surface area contributed by atoms with Gasteiger partial charge in [-0.1, -0.05) is 35.7 Å². The second kappa shape index (κ2) is 7.93. The molecule has 1 heterocycles. The zero-order valence-corrected chi connectivity index (χ0v) is 14.5. The quantitative estimate of drug-likeness (QED) is 0.586. The van der Waals surface area contributed by atoms with Gasteiger partial charge in [0.15, 0.2) is 6.10 Å². The highest BCUT2D eigenvalue weighted by atomic mass is 35.5. The van der Waals surface area contributed by atoms with Crippen molar-refractivity contribution in [2.75, 3.05) is 0 Å². The van der Waals surface area contributed by atoms with Gasteiger partial charge in [0.05, 0.1) is 11.6 Å². The molecule has 1 unspecified atom stereocenters. The molecule has 0 fully saturated rings. The van der Waals surface area contributed by atoms with E-state index in [1.54, 1.807) is 47.4 Å². The van der Waals surface area contributed by atoms with E-state index >= 15 is 0 Å². The molecule has 0 spiro atoms. The minimum Gasteiger partial charge on any atom is -0.457 e. The van der Waals surface area contributed by atoms with Crippen molar-refractivity contribution < 1.29 is 9.47 Å². The van der Waals surface area contributed by atoms with Crippen LogP contribution in [0.25, 0.3) is 0 Å². The Morgan fingerprint density at radius 2 is 1.88 bits per heavy atom. The predicted molar refractivity (Wildman–Crippen MR) is 95.7 cm³/mol. The molecule has 25 heavy (non-hydrogen) atoms. The van der Waals surface area contributed by atoms with Gasteiger partial charge in [-0.15, -0.1) is 0 Å². The highest BCUT2D eigenvalue weighted by Crippen LogP contribution is 2.32. The van der Waals surface area contributed by atoms with E-state index < -0.39 is 6.10 Å². The molecule has 0 amide bonds. The number of hydrogen-bond donors (Lipinski definition) is 0. The molecule has 126 valence electrons. The Morgan fingerprint density at radius 1 is 1.12 bits per heavy atom. The molecule has 0 saturated heterocycles. The van der Waals surface area contributed by atoms with Gasteiger partial charge < -0.3 is 9.47 Å². The van der Waals surface area contributed by atoms with Gasteiger partial charge in [-0.25, -0.2) is 9.67 Å². The number of rotatable bonds is 6. The predicted octanol–water partition coefficient (Wildman–Crippen LogP) is 4.73. The van der Waals surface area contributed by atoms with Gasteiger partial charge in [0, 0.05) is 10.6 Å². The van der Waals surface area contributed by atoms with Gasteiger partial charge >= 0.3 is 0 Å². The van der Waals surface area contributed by atoms with E-state index in [-0.39, 0.29) is 0 Å². The summed E-state index contributed by atoms with van der Waals surface area (Å²) in [5.74, 6) is 1.25. The first kappa shape index (κ1) is 17.2. The van der Waals surface area contributed by atoms with E-state index in [1.807, 2.05) is 6.07 Å². The lowest BCUT2D eigenvalue weighted by Crippen LogP contribution is -2.12. The molecule has 3 aromatic rings. The third-order valence-corrected chi connectivity index (χ3v) is 3.98. The third-order valence-electron chi connectivity index (χ3n) is 3.40. The summed E-state index contributed by atoms with van der Waals surface area (Å²) in [5, 5.41) is 5.17. The maximum atomic E-state index is 6.40. The maximum Gasteiger partial charge on any atom is 0.156 e. The lowest BCUT2D eigenvalue weighted by Gasteiger charge is -2.17. The van der Waals surface area contributed by atoms with Crippen LogP contribution in [0.5, 0.6) is 11.5 Å². The van der Waals surface area contributed by atoms with Crippen LogP contribution in [0.3, 0.4) is 0 Å². The van der Waals surface area contributed by atoms with Crippen LogP contribution < -0.4 is 4.74 Å². The first-order chi connectivity index (χ1) is 12.2. The van der Waals surface area contributed by atoms with Crippen LogP contribution in [0.1, 0.15) is 11.7 Å². The van der Waals surface area contributed by atoms with E-state index in [0.717, 1.165) is 5.56 Å². The van der Waals surface area contributed by atoms with Crippen molar-refractivity contribution in [1.82, 2.24) is 14.8 Å². The standard InChI is InChI=1S/C18H13Cl2N3O2/c1-2-24-18(10-23-12-21-11-22-23)16-8-7-15(9-17(16)20)25-14-5-3-13(19)4-6-14/h1,3-9,11-12,18H,10H2. The second-order valence-corrected chi connectivity index (χ2v) is 5.92. The molecule has 0 aliphatic heterocycles. The Bertz CT molecular complexity index is 874. The normalized spacial score (nSPS) is 11.6. The van der Waals surface area contributed by atoms with Crippen molar-refractivity contribution in [3.8, 4) is 24.0 Å². The molecule has 0 aliphatic carbocycles. The summed E-state index contributed by atoms with van der Waals surface area (Å²) in [6, 6.07) is 12.4. The summed E-state index contributed by atoms with van der Waals surface area (Å²) in [5.41, 5.74) is 0.735. The van der Waals surface area contributed by atoms with Crippen molar-refractivity contribution in [3.63, 3.8) is 0 Å². The fraction of sp³-hybridized carbons (Fsp3) is 0.111. The fourth-order valence-electron chi connectivity index (χ4n) is 2.25. The Morgan fingerprint density at radius 3 is 2.52 bits per heavy atom. The summed E-state index contributed by atoms with van der Waals surface area (Å²) in [7, 11) is 0. The first-order valence-electron chi connectivity index (χ1n) is 7.32. The zero-order chi connectivity index (χ0) is 17.6. The molecule has 7 heteroatoms. The number of nitrogens with zero attached hydrogens (tertiary/aromatic N) is 3. The SMILES string of the molecule is C#COC(Cn1cncn1)c1ccc(Oc2ccc(Cl)cc2)cc1Cl. The van der Waals surface area contributed by atoms with Crippen LogP contribution in [0.4, 0.5) is 0 Å². The first-order valence-corrected chi connectivity index (χ1v) is 8.08. The number of terminal acetylenes is 1. The van der Waals surface area contributed by atoms with Crippen LogP contribution in [0.15, 0.2) is 55.1 Å². The van der Waals surface area contributed by atoms with Gasteiger partial charge in [0.25, 0.3) is 0 Å². The number of aromatic nitrogens is 3. The topological polar surface area (TPSA) is 49.2 Å². The molecule has 3 rings (SSSR count). The van der Waals surface area contributed by atoms with Crippen molar-refractivity contribution >= 4 is 23.2 Å². The van der Waals surface area contributed by atoms with E-state index in [2.05, 4.69) is 16.2 Å². The summed E-state index contributed by atoms with van der Waals surface area (Å²) in [4.78, 5) is 3.90. The minimum atomic E-state index is -0.455. The van der Waals surface area contributed by atoms with Crippen molar-refractivity contribution in [1.29, 1.82) is 0 Å². The van der Waals surface area contributed by atoms with Crippen molar-refractivity contribution in [2.45, 2.75) is 12.6 Å². The second-order valence-electron chi connectivity index (χ2n) is 5.08. The van der Waals surface area contributed by atoms with E-state index in [0.29, 0.717) is 28.1 Å². The Balaban J connectivity index is 1.79. The molecule has 0 N–H and O–H groups in total. The molecule has 0 saturated carbocycles. The molecule has 1 aromatic heterocycles. The number of benzene rings is 2. The largest absolute Gasteiger partial charge is 0.457 e. The monoisotopic (exact) mass is 373 g/mol. The highest BCUT2D eigenvalue weighted by molar-refractivity contribution is 6.31. The molecule has 1 atom stereocenters. The van der Waals surface area contributed by atoms with Crippen LogP contribution in [0.2, 0.25) is 10.0 Å². The van der Waals surface area contributed by atoms with Crippen LogP contribution >= 0.6 is 23.2 Å². The Hall–Kier alpha value is -2.68. The molecule has 0 radical (unpaired) electrons. The van der Waals surface area contributed by atoms with E-state index in [4.69, 9.17) is 39.1 Å².